The smallest absolute Gasteiger partial charge is 0.242 e. The second kappa shape index (κ2) is 5.37. The van der Waals surface area contributed by atoms with Crippen LogP contribution in [-0.2, 0) is 4.79 Å². The molecular weight excluding hydrogens is 224 g/mol. The third-order valence-corrected chi connectivity index (χ3v) is 3.87. The van der Waals surface area contributed by atoms with Gasteiger partial charge in [0.2, 0.25) is 5.91 Å². The molecule has 2 fully saturated rings. The van der Waals surface area contributed by atoms with Gasteiger partial charge in [0.05, 0.1) is 5.54 Å². The van der Waals surface area contributed by atoms with Crippen molar-refractivity contribution >= 4 is 18.3 Å². The maximum Gasteiger partial charge on any atom is 0.242 e. The minimum Gasteiger partial charge on any atom is -0.341 e. The predicted octanol–water partition coefficient (Wildman–Crippen LogP) is 1.94. The molecule has 1 saturated carbocycles. The van der Waals surface area contributed by atoms with Crippen LogP contribution < -0.4 is 5.73 Å². The molecule has 4 heteroatoms. The topological polar surface area (TPSA) is 46.3 Å². The van der Waals surface area contributed by atoms with E-state index in [1.807, 2.05) is 4.90 Å². The molecule has 0 aromatic heterocycles. The Balaban J connectivity index is 0.00000128. The number of carbonyl (C=O) groups is 1. The number of halogens is 1. The number of piperidine rings is 1. The van der Waals surface area contributed by atoms with Crippen LogP contribution in [0, 0.1) is 5.92 Å². The largest absolute Gasteiger partial charge is 0.341 e. The first-order chi connectivity index (χ1) is 7.12. The SMILES string of the molecule is CC1CCCN(C(=O)C2(N)CCCC2)C1.Cl. The minimum absolute atomic E-state index is 0. The molecule has 1 atom stereocenters. The Morgan fingerprint density at radius 2 is 1.94 bits per heavy atom. The maximum absolute atomic E-state index is 12.3. The maximum atomic E-state index is 12.3. The van der Waals surface area contributed by atoms with Gasteiger partial charge in [-0.15, -0.1) is 12.4 Å². The van der Waals surface area contributed by atoms with Gasteiger partial charge in [0.15, 0.2) is 0 Å². The highest BCUT2D eigenvalue weighted by atomic mass is 35.5. The molecule has 0 bridgehead atoms. The zero-order valence-electron chi connectivity index (χ0n) is 10.1. The Kier molecular flexibility index (Phi) is 4.62. The predicted molar refractivity (Wildman–Crippen MR) is 67.6 cm³/mol. The summed E-state index contributed by atoms with van der Waals surface area (Å²) in [5.41, 5.74) is 5.67. The van der Waals surface area contributed by atoms with Crippen LogP contribution in [0.4, 0.5) is 0 Å². The average Bonchev–Trinajstić information content (AvgIpc) is 2.65. The molecule has 1 amide bonds. The van der Waals surface area contributed by atoms with Crippen LogP contribution in [0.5, 0.6) is 0 Å². The second-order valence-corrected chi connectivity index (χ2v) is 5.36. The highest BCUT2D eigenvalue weighted by molar-refractivity contribution is 5.86. The van der Waals surface area contributed by atoms with Crippen LogP contribution in [0.1, 0.15) is 45.4 Å². The summed E-state index contributed by atoms with van der Waals surface area (Å²) in [5, 5.41) is 0. The summed E-state index contributed by atoms with van der Waals surface area (Å²) in [6.07, 6.45) is 6.40. The molecule has 0 aromatic carbocycles. The first-order valence-electron chi connectivity index (χ1n) is 6.20. The highest BCUT2D eigenvalue weighted by Gasteiger charge is 2.40. The molecule has 94 valence electrons. The summed E-state index contributed by atoms with van der Waals surface area (Å²) in [7, 11) is 0. The number of carbonyl (C=O) groups excluding carboxylic acids is 1. The van der Waals surface area contributed by atoms with E-state index in [0.29, 0.717) is 5.92 Å². The molecule has 1 heterocycles. The lowest BCUT2D eigenvalue weighted by molar-refractivity contribution is -0.138. The van der Waals surface area contributed by atoms with Gasteiger partial charge in [-0.3, -0.25) is 4.79 Å². The van der Waals surface area contributed by atoms with Crippen molar-refractivity contribution in [3.05, 3.63) is 0 Å². The van der Waals surface area contributed by atoms with Gasteiger partial charge in [-0.1, -0.05) is 19.8 Å². The lowest BCUT2D eigenvalue weighted by Gasteiger charge is -2.36. The van der Waals surface area contributed by atoms with Crippen LogP contribution in [0.2, 0.25) is 0 Å². The monoisotopic (exact) mass is 246 g/mol. The Morgan fingerprint density at radius 1 is 1.31 bits per heavy atom. The van der Waals surface area contributed by atoms with Crippen LogP contribution in [0.15, 0.2) is 0 Å². The second-order valence-electron chi connectivity index (χ2n) is 5.36. The zero-order valence-corrected chi connectivity index (χ0v) is 10.9. The van der Waals surface area contributed by atoms with E-state index in [1.54, 1.807) is 0 Å². The Bertz CT molecular complexity index is 251. The summed E-state index contributed by atoms with van der Waals surface area (Å²) in [6, 6.07) is 0. The summed E-state index contributed by atoms with van der Waals surface area (Å²) in [4.78, 5) is 14.3. The quantitative estimate of drug-likeness (QED) is 0.769. The van der Waals surface area contributed by atoms with Gasteiger partial charge in [0.1, 0.15) is 0 Å². The minimum atomic E-state index is -0.517. The Hall–Kier alpha value is -0.280. The van der Waals surface area contributed by atoms with E-state index in [2.05, 4.69) is 6.92 Å². The number of nitrogens with zero attached hydrogens (tertiary/aromatic N) is 1. The molecule has 2 aliphatic rings. The fourth-order valence-electron chi connectivity index (χ4n) is 2.91. The van der Waals surface area contributed by atoms with Crippen LogP contribution in [-0.4, -0.2) is 29.4 Å². The molecule has 0 spiro atoms. The molecule has 2 rings (SSSR count). The van der Waals surface area contributed by atoms with E-state index in [4.69, 9.17) is 5.73 Å². The molecule has 1 unspecified atom stereocenters. The number of amides is 1. The van der Waals surface area contributed by atoms with Gasteiger partial charge in [-0.2, -0.15) is 0 Å². The van der Waals surface area contributed by atoms with Gasteiger partial charge in [-0.25, -0.2) is 0 Å². The van der Waals surface area contributed by atoms with E-state index < -0.39 is 5.54 Å². The lowest BCUT2D eigenvalue weighted by atomic mass is 9.93. The van der Waals surface area contributed by atoms with Crippen molar-refractivity contribution in [3.63, 3.8) is 0 Å². The van der Waals surface area contributed by atoms with Crippen molar-refractivity contribution in [1.29, 1.82) is 0 Å². The molecule has 0 aromatic rings. The van der Waals surface area contributed by atoms with Crippen LogP contribution >= 0.6 is 12.4 Å². The Labute approximate surface area is 104 Å². The molecule has 2 N–H and O–H groups in total. The molecule has 1 aliphatic carbocycles. The van der Waals surface area contributed by atoms with E-state index in [1.165, 1.54) is 6.42 Å². The standard InChI is InChI=1S/C12H22N2O.ClH/c1-10-5-4-8-14(9-10)11(15)12(13)6-2-3-7-12;/h10H,2-9,13H2,1H3;1H. The number of rotatable bonds is 1. The Morgan fingerprint density at radius 3 is 2.50 bits per heavy atom. The number of hydrogen-bond acceptors (Lipinski definition) is 2. The fourth-order valence-corrected chi connectivity index (χ4v) is 2.91. The molecule has 3 nitrogen and oxygen atoms in total. The van der Waals surface area contributed by atoms with E-state index >= 15 is 0 Å². The van der Waals surface area contributed by atoms with Crippen molar-refractivity contribution in [2.24, 2.45) is 11.7 Å². The third kappa shape index (κ3) is 2.69. The van der Waals surface area contributed by atoms with Crippen LogP contribution in [0.3, 0.4) is 0 Å². The van der Waals surface area contributed by atoms with Gasteiger partial charge < -0.3 is 10.6 Å². The third-order valence-electron chi connectivity index (χ3n) is 3.87. The highest BCUT2D eigenvalue weighted by Crippen LogP contribution is 2.30. The molecule has 1 aliphatic heterocycles. The molecule has 16 heavy (non-hydrogen) atoms. The van der Waals surface area contributed by atoms with E-state index in [0.717, 1.165) is 45.2 Å². The van der Waals surface area contributed by atoms with Gasteiger partial charge in [0, 0.05) is 13.1 Å². The zero-order chi connectivity index (χ0) is 10.9. The average molecular weight is 247 g/mol. The molecule has 0 radical (unpaired) electrons. The first kappa shape index (κ1) is 13.8. The van der Waals surface area contributed by atoms with Gasteiger partial charge >= 0.3 is 0 Å². The number of likely N-dealkylation sites (tertiary alicyclic amines) is 1. The van der Waals surface area contributed by atoms with Crippen LogP contribution in [0.25, 0.3) is 0 Å². The summed E-state index contributed by atoms with van der Waals surface area (Å²) >= 11 is 0. The first-order valence-corrected chi connectivity index (χ1v) is 6.20. The van der Waals surface area contributed by atoms with E-state index in [9.17, 15) is 4.79 Å². The molecular formula is C12H23ClN2O. The van der Waals surface area contributed by atoms with Crippen molar-refractivity contribution in [2.75, 3.05) is 13.1 Å². The van der Waals surface area contributed by atoms with Crippen molar-refractivity contribution in [2.45, 2.75) is 51.0 Å². The lowest BCUT2D eigenvalue weighted by Crippen LogP contribution is -2.55. The van der Waals surface area contributed by atoms with Gasteiger partial charge in [-0.05, 0) is 31.6 Å². The van der Waals surface area contributed by atoms with Crippen molar-refractivity contribution in [3.8, 4) is 0 Å². The summed E-state index contributed by atoms with van der Waals surface area (Å²) in [5.74, 6) is 0.860. The fraction of sp³-hybridized carbons (Fsp3) is 0.917. The van der Waals surface area contributed by atoms with Crippen molar-refractivity contribution in [1.82, 2.24) is 4.90 Å². The normalized spacial score (nSPS) is 28.6. The summed E-state index contributed by atoms with van der Waals surface area (Å²) < 4.78 is 0. The van der Waals surface area contributed by atoms with Crippen molar-refractivity contribution < 1.29 is 4.79 Å². The van der Waals surface area contributed by atoms with Gasteiger partial charge in [0.25, 0.3) is 0 Å². The number of hydrogen-bond donors (Lipinski definition) is 1. The number of nitrogens with two attached hydrogens (primary N) is 1. The van der Waals surface area contributed by atoms with E-state index in [-0.39, 0.29) is 18.3 Å². The molecule has 1 saturated heterocycles. The summed E-state index contributed by atoms with van der Waals surface area (Å²) in [6.45, 7) is 4.05.